The first kappa shape index (κ1) is 17.7. The summed E-state index contributed by atoms with van der Waals surface area (Å²) >= 11 is 0. The summed E-state index contributed by atoms with van der Waals surface area (Å²) in [5.41, 5.74) is 5.84. The van der Waals surface area contributed by atoms with E-state index in [0.29, 0.717) is 0 Å². The largest absolute Gasteiger partial charge is 0.294 e. The lowest BCUT2D eigenvalue weighted by Crippen LogP contribution is -2.14. The monoisotopic (exact) mass is 376 g/mol. The molecule has 0 unspecified atom stereocenters. The van der Waals surface area contributed by atoms with Crippen LogP contribution in [0.3, 0.4) is 0 Å². The molecule has 0 aliphatic carbocycles. The van der Waals surface area contributed by atoms with Crippen LogP contribution in [0.25, 0.3) is 38.9 Å². The van der Waals surface area contributed by atoms with Crippen LogP contribution >= 0.6 is 0 Å². The zero-order chi connectivity index (χ0) is 20.0. The molecule has 0 fully saturated rings. The zero-order valence-corrected chi connectivity index (χ0v) is 17.1. The number of para-hydroxylation sites is 2. The van der Waals surface area contributed by atoms with Crippen LogP contribution in [0.15, 0.2) is 91.0 Å². The fraction of sp³-hybridized carbons (Fsp3) is 0.148. The number of fused-ring (bicyclic) bond motifs is 3. The van der Waals surface area contributed by atoms with Crippen molar-refractivity contribution in [2.75, 3.05) is 0 Å². The summed E-state index contributed by atoms with van der Waals surface area (Å²) in [5, 5.41) is 2.51. The highest BCUT2D eigenvalue weighted by atomic mass is 15.1. The van der Waals surface area contributed by atoms with E-state index in [0.717, 1.165) is 17.1 Å². The summed E-state index contributed by atoms with van der Waals surface area (Å²) in [5.74, 6) is 0.953. The Morgan fingerprint density at radius 3 is 1.76 bits per heavy atom. The number of pyridine rings is 1. The van der Waals surface area contributed by atoms with Crippen molar-refractivity contribution in [3.05, 3.63) is 96.6 Å². The molecule has 3 aromatic carbocycles. The van der Waals surface area contributed by atoms with E-state index in [-0.39, 0.29) is 5.41 Å². The third kappa shape index (κ3) is 2.92. The summed E-state index contributed by atoms with van der Waals surface area (Å²) in [6.07, 6.45) is 0. The van der Waals surface area contributed by atoms with Crippen molar-refractivity contribution in [3.8, 4) is 17.1 Å². The first-order chi connectivity index (χ1) is 14.0. The van der Waals surface area contributed by atoms with E-state index in [1.807, 2.05) is 0 Å². The quantitative estimate of drug-likeness (QED) is 0.320. The Labute approximate surface area is 171 Å². The number of benzene rings is 3. The summed E-state index contributed by atoms with van der Waals surface area (Å²) in [6.45, 7) is 6.74. The molecule has 0 aliphatic rings. The molecule has 0 amide bonds. The fourth-order valence-electron chi connectivity index (χ4n) is 4.16. The second-order valence-electron chi connectivity index (χ2n) is 8.55. The van der Waals surface area contributed by atoms with Crippen LogP contribution < -0.4 is 0 Å². The minimum absolute atomic E-state index is 0.0114. The summed E-state index contributed by atoms with van der Waals surface area (Å²) in [7, 11) is 0. The summed E-state index contributed by atoms with van der Waals surface area (Å²) in [6, 6.07) is 32.0. The van der Waals surface area contributed by atoms with E-state index in [9.17, 15) is 0 Å². The Morgan fingerprint density at radius 2 is 1.17 bits per heavy atom. The van der Waals surface area contributed by atoms with Crippen molar-refractivity contribution in [2.24, 2.45) is 0 Å². The van der Waals surface area contributed by atoms with Gasteiger partial charge in [0.25, 0.3) is 0 Å². The summed E-state index contributed by atoms with van der Waals surface area (Å²) in [4.78, 5) is 5.22. The Balaban J connectivity index is 1.84. The van der Waals surface area contributed by atoms with Crippen LogP contribution in [0.1, 0.15) is 26.3 Å². The number of hydrogen-bond acceptors (Lipinski definition) is 1. The molecule has 5 rings (SSSR count). The zero-order valence-electron chi connectivity index (χ0n) is 17.1. The normalized spacial score (nSPS) is 12.0. The standard InChI is InChI=1S/C27H24N2/c1-27(2,3)22-17-18-25(28-26(22)19-11-5-4-6-12-19)29-23-15-9-7-13-20(23)21-14-8-10-16-24(21)29/h4-18H,1-3H3. The molecule has 0 saturated carbocycles. The molecule has 5 aromatic rings. The van der Waals surface area contributed by atoms with Gasteiger partial charge in [-0.15, -0.1) is 0 Å². The molecule has 142 valence electrons. The van der Waals surface area contributed by atoms with Gasteiger partial charge in [-0.3, -0.25) is 4.57 Å². The number of aromatic nitrogens is 2. The topological polar surface area (TPSA) is 17.8 Å². The van der Waals surface area contributed by atoms with Crippen molar-refractivity contribution in [1.29, 1.82) is 0 Å². The third-order valence-corrected chi connectivity index (χ3v) is 5.54. The van der Waals surface area contributed by atoms with Crippen molar-refractivity contribution < 1.29 is 0 Å². The highest BCUT2D eigenvalue weighted by molar-refractivity contribution is 6.09. The second-order valence-corrected chi connectivity index (χ2v) is 8.55. The molecule has 0 radical (unpaired) electrons. The van der Waals surface area contributed by atoms with E-state index in [2.05, 4.69) is 116 Å². The van der Waals surface area contributed by atoms with Gasteiger partial charge < -0.3 is 0 Å². The number of hydrogen-bond donors (Lipinski definition) is 0. The molecule has 0 N–H and O–H groups in total. The number of nitrogens with zero attached hydrogens (tertiary/aromatic N) is 2. The lowest BCUT2D eigenvalue weighted by atomic mass is 9.84. The highest BCUT2D eigenvalue weighted by Gasteiger charge is 2.21. The average Bonchev–Trinajstić information content (AvgIpc) is 3.08. The lowest BCUT2D eigenvalue weighted by Gasteiger charge is -2.23. The van der Waals surface area contributed by atoms with Gasteiger partial charge in [0.2, 0.25) is 0 Å². The van der Waals surface area contributed by atoms with Crippen LogP contribution in [0.4, 0.5) is 0 Å². The molecule has 29 heavy (non-hydrogen) atoms. The van der Waals surface area contributed by atoms with Gasteiger partial charge in [-0.2, -0.15) is 0 Å². The molecule has 0 spiro atoms. The molecule has 0 aliphatic heterocycles. The van der Waals surface area contributed by atoms with Crippen LogP contribution in [0, 0.1) is 0 Å². The maximum absolute atomic E-state index is 5.22. The van der Waals surface area contributed by atoms with Crippen LogP contribution in [-0.4, -0.2) is 9.55 Å². The van der Waals surface area contributed by atoms with Gasteiger partial charge in [-0.1, -0.05) is 93.6 Å². The van der Waals surface area contributed by atoms with Crippen LogP contribution in [-0.2, 0) is 5.41 Å². The van der Waals surface area contributed by atoms with Crippen molar-refractivity contribution in [2.45, 2.75) is 26.2 Å². The summed E-state index contributed by atoms with van der Waals surface area (Å²) < 4.78 is 2.28. The van der Waals surface area contributed by atoms with Crippen molar-refractivity contribution in [1.82, 2.24) is 9.55 Å². The van der Waals surface area contributed by atoms with Gasteiger partial charge in [-0.05, 0) is 29.2 Å². The van der Waals surface area contributed by atoms with Gasteiger partial charge in [0.1, 0.15) is 5.82 Å². The maximum Gasteiger partial charge on any atom is 0.138 e. The predicted molar refractivity (Wildman–Crippen MR) is 123 cm³/mol. The van der Waals surface area contributed by atoms with Gasteiger partial charge in [-0.25, -0.2) is 4.98 Å². The van der Waals surface area contributed by atoms with E-state index in [1.54, 1.807) is 0 Å². The van der Waals surface area contributed by atoms with Crippen molar-refractivity contribution >= 4 is 21.8 Å². The fourth-order valence-corrected chi connectivity index (χ4v) is 4.16. The molecule has 2 heterocycles. The molecule has 2 heteroatoms. The minimum atomic E-state index is 0.0114. The maximum atomic E-state index is 5.22. The molecular formula is C27H24N2. The average molecular weight is 377 g/mol. The number of rotatable bonds is 2. The van der Waals surface area contributed by atoms with Crippen LogP contribution in [0.2, 0.25) is 0 Å². The van der Waals surface area contributed by atoms with Gasteiger partial charge in [0.15, 0.2) is 0 Å². The Bertz CT molecular complexity index is 1270. The molecular weight excluding hydrogens is 352 g/mol. The third-order valence-electron chi connectivity index (χ3n) is 5.54. The second kappa shape index (κ2) is 6.59. The lowest BCUT2D eigenvalue weighted by molar-refractivity contribution is 0.589. The van der Waals surface area contributed by atoms with E-state index in [1.165, 1.54) is 27.4 Å². The molecule has 0 saturated heterocycles. The van der Waals surface area contributed by atoms with E-state index in [4.69, 9.17) is 4.98 Å². The molecule has 0 bridgehead atoms. The van der Waals surface area contributed by atoms with Crippen molar-refractivity contribution in [3.63, 3.8) is 0 Å². The highest BCUT2D eigenvalue weighted by Crippen LogP contribution is 2.35. The predicted octanol–water partition coefficient (Wildman–Crippen LogP) is 7.14. The van der Waals surface area contributed by atoms with Gasteiger partial charge >= 0.3 is 0 Å². The first-order valence-electron chi connectivity index (χ1n) is 10.1. The van der Waals surface area contributed by atoms with Crippen LogP contribution in [0.5, 0.6) is 0 Å². The molecule has 2 nitrogen and oxygen atoms in total. The SMILES string of the molecule is CC(C)(C)c1ccc(-n2c3ccccc3c3ccccc32)nc1-c1ccccc1. The van der Waals surface area contributed by atoms with E-state index >= 15 is 0 Å². The first-order valence-corrected chi connectivity index (χ1v) is 10.1. The Morgan fingerprint density at radius 1 is 0.621 bits per heavy atom. The Hall–Kier alpha value is -3.39. The van der Waals surface area contributed by atoms with Gasteiger partial charge in [0, 0.05) is 16.3 Å². The van der Waals surface area contributed by atoms with Gasteiger partial charge in [0.05, 0.1) is 16.7 Å². The van der Waals surface area contributed by atoms with E-state index < -0.39 is 0 Å². The Kier molecular flexibility index (Phi) is 4.02. The molecule has 2 aromatic heterocycles. The minimum Gasteiger partial charge on any atom is -0.294 e. The molecule has 0 atom stereocenters. The smallest absolute Gasteiger partial charge is 0.138 e.